The van der Waals surface area contributed by atoms with Gasteiger partial charge >= 0.3 is 0 Å². The van der Waals surface area contributed by atoms with Crippen LogP contribution in [-0.2, 0) is 0 Å². The van der Waals surface area contributed by atoms with Crippen molar-refractivity contribution in [2.45, 2.75) is 13.8 Å². The van der Waals surface area contributed by atoms with Crippen molar-refractivity contribution in [1.82, 2.24) is 0 Å². The molecule has 1 aromatic heterocycles. The lowest BCUT2D eigenvalue weighted by Gasteiger charge is -2.12. The molecule has 0 saturated carbocycles. The van der Waals surface area contributed by atoms with Crippen LogP contribution in [0.15, 0.2) is 42.5 Å². The van der Waals surface area contributed by atoms with Gasteiger partial charge in [-0.3, -0.25) is 9.59 Å². The Kier molecular flexibility index (Phi) is 6.20. The molecular formula is C21H18ClFN2O3S. The Bertz CT molecular complexity index is 1100. The molecule has 2 aromatic carbocycles. The molecule has 3 rings (SSSR count). The largest absolute Gasteiger partial charge is 0.495 e. The average molecular weight is 433 g/mol. The molecule has 0 atom stereocenters. The van der Waals surface area contributed by atoms with Crippen molar-refractivity contribution in [3.63, 3.8) is 0 Å². The molecule has 0 bridgehead atoms. The van der Waals surface area contributed by atoms with Crippen molar-refractivity contribution in [3.05, 3.63) is 74.9 Å². The maximum Gasteiger partial charge on any atom is 0.266 e. The number of carbonyl (C=O) groups is 2. The molecule has 2 amide bonds. The topological polar surface area (TPSA) is 67.4 Å². The summed E-state index contributed by atoms with van der Waals surface area (Å²) in [4.78, 5) is 25.5. The van der Waals surface area contributed by atoms with Gasteiger partial charge in [-0.25, -0.2) is 4.39 Å². The lowest BCUT2D eigenvalue weighted by molar-refractivity contribution is 0.101. The first-order valence-electron chi connectivity index (χ1n) is 8.61. The standard InChI is InChI=1S/C21H18ClFN2O3S/c1-11-7-16(17(28-3)10-15(11)22)24-21(27)19-12(2)8-18(29-19)25-20(26)13-5-4-6-14(23)9-13/h4-10H,1-3H3,(H,24,27)(H,25,26). The zero-order chi connectivity index (χ0) is 21.1. The van der Waals surface area contributed by atoms with E-state index in [-0.39, 0.29) is 11.5 Å². The molecule has 8 heteroatoms. The van der Waals surface area contributed by atoms with E-state index >= 15 is 0 Å². The van der Waals surface area contributed by atoms with Gasteiger partial charge in [-0.15, -0.1) is 11.3 Å². The molecule has 29 heavy (non-hydrogen) atoms. The molecule has 0 aliphatic rings. The minimum atomic E-state index is -0.493. The Morgan fingerprint density at radius 3 is 2.48 bits per heavy atom. The van der Waals surface area contributed by atoms with Gasteiger partial charge in [0.25, 0.3) is 11.8 Å². The first-order chi connectivity index (χ1) is 13.8. The lowest BCUT2D eigenvalue weighted by atomic mass is 10.2. The number of hydrogen-bond acceptors (Lipinski definition) is 4. The molecule has 3 aromatic rings. The van der Waals surface area contributed by atoms with Gasteiger partial charge in [0, 0.05) is 16.7 Å². The molecule has 0 saturated heterocycles. The fraction of sp³-hybridized carbons (Fsp3) is 0.143. The van der Waals surface area contributed by atoms with E-state index < -0.39 is 11.7 Å². The van der Waals surface area contributed by atoms with Crippen LogP contribution in [0.4, 0.5) is 15.1 Å². The van der Waals surface area contributed by atoms with Crippen molar-refractivity contribution in [3.8, 4) is 5.75 Å². The number of thiophene rings is 1. The predicted molar refractivity (Wildman–Crippen MR) is 114 cm³/mol. The molecule has 2 N–H and O–H groups in total. The van der Waals surface area contributed by atoms with E-state index in [0.29, 0.717) is 31.9 Å². The van der Waals surface area contributed by atoms with Crippen molar-refractivity contribution >= 4 is 45.4 Å². The highest BCUT2D eigenvalue weighted by molar-refractivity contribution is 7.18. The Labute approximate surface area is 176 Å². The van der Waals surface area contributed by atoms with E-state index in [1.807, 2.05) is 6.92 Å². The number of rotatable bonds is 5. The zero-order valence-electron chi connectivity index (χ0n) is 15.9. The summed E-state index contributed by atoms with van der Waals surface area (Å²) in [5, 5.41) is 6.54. The van der Waals surface area contributed by atoms with Gasteiger partial charge in [-0.05, 0) is 55.3 Å². The average Bonchev–Trinajstić information content (AvgIpc) is 3.04. The molecule has 0 spiro atoms. The van der Waals surface area contributed by atoms with Gasteiger partial charge < -0.3 is 15.4 Å². The second-order valence-corrected chi connectivity index (χ2v) is 7.80. The Hall–Kier alpha value is -2.90. The van der Waals surface area contributed by atoms with Crippen LogP contribution in [0, 0.1) is 19.7 Å². The highest BCUT2D eigenvalue weighted by Crippen LogP contribution is 2.33. The van der Waals surface area contributed by atoms with Gasteiger partial charge in [0.1, 0.15) is 11.6 Å². The number of aryl methyl sites for hydroxylation is 2. The number of amides is 2. The summed E-state index contributed by atoms with van der Waals surface area (Å²) < 4.78 is 18.6. The number of anilines is 2. The number of methoxy groups -OCH3 is 1. The summed E-state index contributed by atoms with van der Waals surface area (Å²) in [5.41, 5.74) is 2.20. The Morgan fingerprint density at radius 1 is 1.03 bits per heavy atom. The van der Waals surface area contributed by atoms with Gasteiger partial charge in [-0.1, -0.05) is 17.7 Å². The Morgan fingerprint density at radius 2 is 1.79 bits per heavy atom. The van der Waals surface area contributed by atoms with Crippen LogP contribution in [0.5, 0.6) is 5.75 Å². The number of benzene rings is 2. The van der Waals surface area contributed by atoms with Crippen LogP contribution in [0.1, 0.15) is 31.2 Å². The van der Waals surface area contributed by atoms with Crippen molar-refractivity contribution < 1.29 is 18.7 Å². The summed E-state index contributed by atoms with van der Waals surface area (Å²) in [5.74, 6) is -0.832. The first kappa shape index (κ1) is 20.8. The summed E-state index contributed by atoms with van der Waals surface area (Å²) in [6, 6.07) is 10.5. The molecule has 5 nitrogen and oxygen atoms in total. The van der Waals surface area contributed by atoms with Gasteiger partial charge in [-0.2, -0.15) is 0 Å². The van der Waals surface area contributed by atoms with Crippen LogP contribution < -0.4 is 15.4 Å². The molecule has 0 fully saturated rings. The maximum atomic E-state index is 13.3. The van der Waals surface area contributed by atoms with Crippen molar-refractivity contribution in [2.75, 3.05) is 17.7 Å². The summed E-state index contributed by atoms with van der Waals surface area (Å²) in [6.45, 7) is 3.60. The normalized spacial score (nSPS) is 10.5. The van der Waals surface area contributed by atoms with Gasteiger partial charge in [0.05, 0.1) is 22.7 Å². The number of hydrogen-bond donors (Lipinski definition) is 2. The Balaban J connectivity index is 1.79. The van der Waals surface area contributed by atoms with E-state index in [9.17, 15) is 14.0 Å². The molecule has 1 heterocycles. The smallest absolute Gasteiger partial charge is 0.266 e. The third kappa shape index (κ3) is 4.75. The van der Waals surface area contributed by atoms with Crippen molar-refractivity contribution in [2.24, 2.45) is 0 Å². The fourth-order valence-corrected chi connectivity index (χ4v) is 3.81. The van der Waals surface area contributed by atoms with Crippen LogP contribution >= 0.6 is 22.9 Å². The summed E-state index contributed by atoms with van der Waals surface area (Å²) >= 11 is 7.23. The number of halogens is 2. The maximum absolute atomic E-state index is 13.3. The van der Waals surface area contributed by atoms with Crippen LogP contribution in [0.2, 0.25) is 5.02 Å². The van der Waals surface area contributed by atoms with Crippen LogP contribution in [0.25, 0.3) is 0 Å². The first-order valence-corrected chi connectivity index (χ1v) is 9.80. The minimum absolute atomic E-state index is 0.198. The fourth-order valence-electron chi connectivity index (χ4n) is 2.69. The zero-order valence-corrected chi connectivity index (χ0v) is 17.5. The minimum Gasteiger partial charge on any atom is -0.495 e. The molecule has 0 aliphatic heterocycles. The third-order valence-electron chi connectivity index (χ3n) is 4.18. The second kappa shape index (κ2) is 8.63. The molecular weight excluding hydrogens is 415 g/mol. The molecule has 0 unspecified atom stereocenters. The monoisotopic (exact) mass is 432 g/mol. The number of carbonyl (C=O) groups excluding carboxylic acids is 2. The van der Waals surface area contributed by atoms with Crippen LogP contribution in [-0.4, -0.2) is 18.9 Å². The van der Waals surface area contributed by atoms with Crippen molar-refractivity contribution in [1.29, 1.82) is 0 Å². The lowest BCUT2D eigenvalue weighted by Crippen LogP contribution is -2.12. The SMILES string of the molecule is COc1cc(Cl)c(C)cc1NC(=O)c1sc(NC(=O)c2cccc(F)c2)cc1C. The van der Waals surface area contributed by atoms with Gasteiger partial charge in [0.15, 0.2) is 0 Å². The van der Waals surface area contributed by atoms with E-state index in [1.54, 1.807) is 25.1 Å². The second-order valence-electron chi connectivity index (χ2n) is 6.34. The summed E-state index contributed by atoms with van der Waals surface area (Å²) in [6.07, 6.45) is 0. The molecule has 0 radical (unpaired) electrons. The van der Waals surface area contributed by atoms with Crippen LogP contribution in [0.3, 0.4) is 0 Å². The third-order valence-corrected chi connectivity index (χ3v) is 5.74. The molecule has 0 aliphatic carbocycles. The van der Waals surface area contributed by atoms with E-state index in [0.717, 1.165) is 23.0 Å². The quantitative estimate of drug-likeness (QED) is 0.545. The number of ether oxygens (including phenoxy) is 1. The number of nitrogens with one attached hydrogen (secondary N) is 2. The van der Waals surface area contributed by atoms with E-state index in [1.165, 1.54) is 25.3 Å². The predicted octanol–water partition coefficient (Wildman–Crippen LogP) is 5.67. The summed E-state index contributed by atoms with van der Waals surface area (Å²) in [7, 11) is 1.49. The van der Waals surface area contributed by atoms with E-state index in [2.05, 4.69) is 10.6 Å². The molecule has 150 valence electrons. The highest BCUT2D eigenvalue weighted by Gasteiger charge is 2.18. The highest BCUT2D eigenvalue weighted by atomic mass is 35.5. The van der Waals surface area contributed by atoms with Gasteiger partial charge in [0.2, 0.25) is 0 Å². The van der Waals surface area contributed by atoms with E-state index in [4.69, 9.17) is 16.3 Å².